The number of esters is 2. The molecular formula is C40H43IN4O8. The highest BCUT2D eigenvalue weighted by molar-refractivity contribution is 14.1. The third kappa shape index (κ3) is 6.59. The number of alkyl halides is 1. The van der Waals surface area contributed by atoms with Crippen molar-refractivity contribution in [2.45, 2.75) is 83.1 Å². The zero-order valence-electron chi connectivity index (χ0n) is 30.5. The molecule has 12 nitrogen and oxygen atoms in total. The van der Waals surface area contributed by atoms with Crippen LogP contribution in [0.25, 0.3) is 0 Å². The van der Waals surface area contributed by atoms with Crippen LogP contribution in [0.1, 0.15) is 70.8 Å². The molecule has 1 fully saturated rings. The zero-order valence-corrected chi connectivity index (χ0v) is 32.7. The monoisotopic (exact) mass is 834 g/mol. The molecule has 5 atom stereocenters. The van der Waals surface area contributed by atoms with Crippen molar-refractivity contribution in [3.05, 3.63) is 75.3 Å². The summed E-state index contributed by atoms with van der Waals surface area (Å²) >= 11 is 2.15. The van der Waals surface area contributed by atoms with Gasteiger partial charge in [0.15, 0.2) is 23.0 Å². The first kappa shape index (κ1) is 36.9. The Balaban J connectivity index is 1.39. The zero-order chi connectivity index (χ0) is 37.6. The van der Waals surface area contributed by atoms with Crippen molar-refractivity contribution in [2.24, 2.45) is 0 Å². The van der Waals surface area contributed by atoms with Crippen LogP contribution in [0.3, 0.4) is 0 Å². The minimum Gasteiger partial charge on any atom is -0.493 e. The van der Waals surface area contributed by atoms with Crippen molar-refractivity contribution in [1.82, 2.24) is 15.1 Å². The van der Waals surface area contributed by atoms with Gasteiger partial charge in [-0.05, 0) is 56.8 Å². The van der Waals surface area contributed by atoms with E-state index in [4.69, 9.17) is 23.7 Å². The van der Waals surface area contributed by atoms with Crippen LogP contribution in [0.2, 0.25) is 0 Å². The number of nitrogens with zero attached hydrogens (tertiary/aromatic N) is 3. The minimum absolute atomic E-state index is 0.0126. The minimum atomic E-state index is -0.599. The number of carbonyl (C=O) groups excluding carboxylic acids is 3. The number of amides is 1. The summed E-state index contributed by atoms with van der Waals surface area (Å²) in [5, 5.41) is 14.2. The molecule has 4 aliphatic heterocycles. The molecule has 2 bridgehead atoms. The predicted octanol–water partition coefficient (Wildman–Crippen LogP) is 5.22. The quantitative estimate of drug-likeness (QED) is 0.125. The average Bonchev–Trinajstić information content (AvgIpc) is 3.62. The number of fused-ring (bicyclic) bond motifs is 9. The lowest BCUT2D eigenvalue weighted by Crippen LogP contribution is -2.68. The fraction of sp³-hybridized carbons (Fsp3) is 0.450. The van der Waals surface area contributed by atoms with Crippen molar-refractivity contribution >= 4 is 40.4 Å². The normalized spacial score (nSPS) is 22.5. The van der Waals surface area contributed by atoms with Gasteiger partial charge in [0.25, 0.3) is 0 Å². The maximum atomic E-state index is 13.5. The molecule has 13 heteroatoms. The molecule has 4 aliphatic rings. The lowest BCUT2D eigenvalue weighted by molar-refractivity contribution is -0.134. The molecule has 0 saturated carbocycles. The van der Waals surface area contributed by atoms with Crippen LogP contribution in [0, 0.1) is 25.2 Å². The fourth-order valence-corrected chi connectivity index (χ4v) is 9.27. The second-order valence-electron chi connectivity index (χ2n) is 14.0. The smallest absolute Gasteiger partial charge is 0.311 e. The van der Waals surface area contributed by atoms with Crippen LogP contribution in [0.4, 0.5) is 0 Å². The molecule has 1 unspecified atom stereocenters. The molecule has 7 rings (SSSR count). The summed E-state index contributed by atoms with van der Waals surface area (Å²) in [4.78, 5) is 43.7. The SMILES string of the molecule is COc1c(C)cc2c(c1OC(C)=O)[C@H]1C3Cc4c(OC(=O)CCI)c(C)c5c(c4[C@H](CNC(=O)CCc4ccccc4)N3[C@@H](C#N)[C@@H](C2)N1C)OCO5. The van der Waals surface area contributed by atoms with Crippen LogP contribution in [0.15, 0.2) is 36.4 Å². The molecule has 1 amide bonds. The van der Waals surface area contributed by atoms with E-state index < -0.39 is 18.1 Å². The van der Waals surface area contributed by atoms with Crippen LogP contribution in [0.5, 0.6) is 28.7 Å². The second-order valence-corrected chi connectivity index (χ2v) is 15.1. The van der Waals surface area contributed by atoms with E-state index in [1.165, 1.54) is 6.92 Å². The maximum Gasteiger partial charge on any atom is 0.311 e. The first-order chi connectivity index (χ1) is 25.6. The number of hydrogen-bond donors (Lipinski definition) is 1. The molecule has 0 radical (unpaired) electrons. The summed E-state index contributed by atoms with van der Waals surface area (Å²) in [5.74, 6) is 1.32. The molecule has 0 aliphatic carbocycles. The highest BCUT2D eigenvalue weighted by Gasteiger charge is 2.57. The number of nitrogens with one attached hydrogen (secondary N) is 1. The number of likely N-dealkylation sites (N-methyl/N-ethyl adjacent to an activating group) is 1. The van der Waals surface area contributed by atoms with E-state index in [9.17, 15) is 19.6 Å². The van der Waals surface area contributed by atoms with E-state index in [0.29, 0.717) is 58.0 Å². The summed E-state index contributed by atoms with van der Waals surface area (Å²) in [5.41, 5.74) is 5.85. The highest BCUT2D eigenvalue weighted by Crippen LogP contribution is 2.58. The Kier molecular flexibility index (Phi) is 10.6. The molecule has 1 saturated heterocycles. The largest absolute Gasteiger partial charge is 0.493 e. The van der Waals surface area contributed by atoms with Gasteiger partial charge in [-0.25, -0.2) is 0 Å². The van der Waals surface area contributed by atoms with Gasteiger partial charge in [-0.2, -0.15) is 5.26 Å². The molecule has 3 aromatic carbocycles. The Labute approximate surface area is 322 Å². The van der Waals surface area contributed by atoms with Gasteiger partial charge >= 0.3 is 11.9 Å². The van der Waals surface area contributed by atoms with Crippen LogP contribution in [-0.4, -0.2) is 77.7 Å². The number of nitriles is 1. The fourth-order valence-electron chi connectivity index (χ4n) is 8.83. The molecule has 3 aromatic rings. The molecule has 53 heavy (non-hydrogen) atoms. The van der Waals surface area contributed by atoms with Gasteiger partial charge in [-0.15, -0.1) is 0 Å². The summed E-state index contributed by atoms with van der Waals surface area (Å²) in [6.45, 7) is 5.30. The van der Waals surface area contributed by atoms with Gasteiger partial charge in [0.1, 0.15) is 11.8 Å². The molecular weight excluding hydrogens is 791 g/mol. The lowest BCUT2D eigenvalue weighted by Gasteiger charge is -2.60. The third-order valence-electron chi connectivity index (χ3n) is 11.0. The molecule has 0 spiro atoms. The van der Waals surface area contributed by atoms with E-state index >= 15 is 0 Å². The molecule has 4 heterocycles. The number of rotatable bonds is 10. The average molecular weight is 835 g/mol. The molecule has 0 aromatic heterocycles. The van der Waals surface area contributed by atoms with Gasteiger partial charge in [0, 0.05) is 58.7 Å². The Hall–Kier alpha value is -4.39. The summed E-state index contributed by atoms with van der Waals surface area (Å²) in [6.07, 6.45) is 1.98. The van der Waals surface area contributed by atoms with E-state index in [1.54, 1.807) is 7.11 Å². The topological polar surface area (TPSA) is 140 Å². The van der Waals surface area contributed by atoms with Crippen molar-refractivity contribution in [2.75, 3.05) is 31.9 Å². The van der Waals surface area contributed by atoms with Gasteiger partial charge in [0.05, 0.1) is 31.7 Å². The number of aryl methyl sites for hydroxylation is 2. The van der Waals surface area contributed by atoms with Crippen LogP contribution < -0.4 is 29.0 Å². The molecule has 278 valence electrons. The first-order valence-corrected chi connectivity index (χ1v) is 19.4. The Bertz CT molecular complexity index is 2000. The van der Waals surface area contributed by atoms with E-state index in [0.717, 1.165) is 33.4 Å². The lowest BCUT2D eigenvalue weighted by atomic mass is 9.71. The van der Waals surface area contributed by atoms with E-state index in [1.807, 2.05) is 51.2 Å². The predicted molar refractivity (Wildman–Crippen MR) is 203 cm³/mol. The summed E-state index contributed by atoms with van der Waals surface area (Å²) < 4.78 is 30.8. The number of methoxy groups -OCH3 is 1. The van der Waals surface area contributed by atoms with Gasteiger partial charge < -0.3 is 29.0 Å². The van der Waals surface area contributed by atoms with Gasteiger partial charge in [-0.3, -0.25) is 24.2 Å². The number of halogens is 1. The second kappa shape index (κ2) is 15.2. The van der Waals surface area contributed by atoms with E-state index in [-0.39, 0.29) is 56.2 Å². The number of ether oxygens (including phenoxy) is 5. The number of hydrogen-bond acceptors (Lipinski definition) is 11. The van der Waals surface area contributed by atoms with Crippen molar-refractivity contribution in [3.8, 4) is 34.8 Å². The summed E-state index contributed by atoms with van der Waals surface area (Å²) in [7, 11) is 3.57. The van der Waals surface area contributed by atoms with Crippen LogP contribution >= 0.6 is 22.6 Å². The van der Waals surface area contributed by atoms with Crippen LogP contribution in [-0.2, 0) is 33.6 Å². The Morgan fingerprint density at radius 1 is 1.00 bits per heavy atom. The van der Waals surface area contributed by atoms with Gasteiger partial charge in [0.2, 0.25) is 12.7 Å². The van der Waals surface area contributed by atoms with E-state index in [2.05, 4.69) is 49.8 Å². The number of benzene rings is 3. The van der Waals surface area contributed by atoms with Gasteiger partial charge in [-0.1, -0.05) is 59.0 Å². The third-order valence-corrected chi connectivity index (χ3v) is 11.5. The highest BCUT2D eigenvalue weighted by atomic mass is 127. The first-order valence-electron chi connectivity index (χ1n) is 17.9. The maximum absolute atomic E-state index is 13.5. The number of carbonyl (C=O) groups is 3. The van der Waals surface area contributed by atoms with Crippen molar-refractivity contribution < 1.29 is 38.1 Å². The van der Waals surface area contributed by atoms with Crippen molar-refractivity contribution in [3.63, 3.8) is 0 Å². The standard InChI is InChI=1S/C40H43IN4O8/c1-21-15-25-16-27-29(18-42)45-28(35(44(27)4)33(25)40(36(21)49-5)52-23(3)46)17-26-34(30(45)19-43-31(47)12-11-24-9-7-6-8-10-24)39-38(50-20-51-39)22(2)37(26)53-32(48)13-14-41/h6-10,15,27-30,35H,11-14,16-17,19-20H2,1-5H3,(H,43,47)/t27-,28?,29+,30+,35-/m1/s1. The summed E-state index contributed by atoms with van der Waals surface area (Å²) in [6, 6.07) is 12.4. The Morgan fingerprint density at radius 3 is 2.45 bits per heavy atom. The Morgan fingerprint density at radius 2 is 1.75 bits per heavy atom. The molecule has 1 N–H and O–H groups in total. The van der Waals surface area contributed by atoms with Crippen molar-refractivity contribution in [1.29, 1.82) is 5.26 Å². The number of piperazine rings is 1.